The van der Waals surface area contributed by atoms with E-state index in [2.05, 4.69) is 9.97 Å². The van der Waals surface area contributed by atoms with Crippen molar-refractivity contribution in [2.75, 3.05) is 0 Å². The zero-order valence-corrected chi connectivity index (χ0v) is 8.13. The van der Waals surface area contributed by atoms with Gasteiger partial charge >= 0.3 is 0 Å². The Morgan fingerprint density at radius 3 is 1.43 bits per heavy atom. The fourth-order valence-electron chi connectivity index (χ4n) is 0.738. The molecule has 14 heavy (non-hydrogen) atoms. The first kappa shape index (κ1) is 10.7. The van der Waals surface area contributed by atoms with Crippen LogP contribution in [0, 0.1) is 0 Å². The maximum atomic E-state index is 10.8. The first-order chi connectivity index (χ1) is 6.43. The van der Waals surface area contributed by atoms with Crippen molar-refractivity contribution in [3.05, 3.63) is 21.7 Å². The van der Waals surface area contributed by atoms with E-state index in [1.807, 2.05) is 0 Å². The van der Waals surface area contributed by atoms with Crippen molar-refractivity contribution >= 4 is 35.0 Å². The number of aromatic nitrogens is 2. The first-order valence-electron chi connectivity index (χ1n) is 3.26. The number of primary amides is 2. The Labute approximate surface area is 88.2 Å². The van der Waals surface area contributed by atoms with Gasteiger partial charge in [-0.2, -0.15) is 0 Å². The topological polar surface area (TPSA) is 112 Å². The van der Waals surface area contributed by atoms with E-state index in [0.717, 1.165) is 0 Å². The standard InChI is InChI=1S/C6H4Cl2N4O2/c7-3-4(8)12-2(6(10)14)1(11-3)5(9)13/h(H2,9,13)(H2,10,14). The number of halogens is 2. The summed E-state index contributed by atoms with van der Waals surface area (Å²) in [4.78, 5) is 28.6. The van der Waals surface area contributed by atoms with E-state index >= 15 is 0 Å². The molecular weight excluding hydrogens is 231 g/mol. The average Bonchev–Trinajstić information content (AvgIpc) is 2.08. The monoisotopic (exact) mass is 234 g/mol. The van der Waals surface area contributed by atoms with Crippen molar-refractivity contribution in [2.24, 2.45) is 11.5 Å². The molecule has 74 valence electrons. The van der Waals surface area contributed by atoms with Crippen LogP contribution in [0.4, 0.5) is 0 Å². The van der Waals surface area contributed by atoms with Gasteiger partial charge in [0.2, 0.25) is 0 Å². The van der Waals surface area contributed by atoms with Crippen molar-refractivity contribution in [1.29, 1.82) is 0 Å². The molecule has 0 aliphatic rings. The van der Waals surface area contributed by atoms with Crippen LogP contribution in [0.1, 0.15) is 21.0 Å². The fraction of sp³-hybridized carbons (Fsp3) is 0. The molecule has 0 atom stereocenters. The summed E-state index contributed by atoms with van der Waals surface area (Å²) < 4.78 is 0. The maximum Gasteiger partial charge on any atom is 0.269 e. The molecule has 2 amide bonds. The van der Waals surface area contributed by atoms with Crippen LogP contribution in [-0.2, 0) is 0 Å². The quantitative estimate of drug-likeness (QED) is 0.749. The zero-order valence-electron chi connectivity index (χ0n) is 6.62. The summed E-state index contributed by atoms with van der Waals surface area (Å²) in [6, 6.07) is 0. The Kier molecular flexibility index (Phi) is 2.87. The zero-order chi connectivity index (χ0) is 10.9. The van der Waals surface area contributed by atoms with E-state index in [-0.39, 0.29) is 10.3 Å². The molecule has 1 aromatic heterocycles. The van der Waals surface area contributed by atoms with Gasteiger partial charge in [0.25, 0.3) is 11.8 Å². The van der Waals surface area contributed by atoms with E-state index in [9.17, 15) is 9.59 Å². The van der Waals surface area contributed by atoms with E-state index in [1.165, 1.54) is 0 Å². The van der Waals surface area contributed by atoms with E-state index < -0.39 is 23.2 Å². The molecule has 0 fully saturated rings. The van der Waals surface area contributed by atoms with Crippen molar-refractivity contribution in [3.63, 3.8) is 0 Å². The molecule has 6 nitrogen and oxygen atoms in total. The number of hydrogen-bond acceptors (Lipinski definition) is 4. The lowest BCUT2D eigenvalue weighted by Gasteiger charge is -2.02. The van der Waals surface area contributed by atoms with Crippen LogP contribution in [0.25, 0.3) is 0 Å². The van der Waals surface area contributed by atoms with Gasteiger partial charge in [0, 0.05) is 0 Å². The molecule has 0 spiro atoms. The number of amides is 2. The Bertz CT molecular complexity index is 382. The molecule has 0 aliphatic carbocycles. The van der Waals surface area contributed by atoms with Gasteiger partial charge in [-0.1, -0.05) is 23.2 Å². The summed E-state index contributed by atoms with van der Waals surface area (Å²) in [7, 11) is 0. The van der Waals surface area contributed by atoms with E-state index in [4.69, 9.17) is 34.7 Å². The highest BCUT2D eigenvalue weighted by Crippen LogP contribution is 2.18. The van der Waals surface area contributed by atoms with Crippen LogP contribution in [0.3, 0.4) is 0 Å². The highest BCUT2D eigenvalue weighted by molar-refractivity contribution is 6.40. The Morgan fingerprint density at radius 1 is 0.929 bits per heavy atom. The molecule has 0 bridgehead atoms. The molecule has 0 aromatic carbocycles. The Morgan fingerprint density at radius 2 is 1.21 bits per heavy atom. The van der Waals surface area contributed by atoms with Crippen LogP contribution in [0.15, 0.2) is 0 Å². The van der Waals surface area contributed by atoms with Gasteiger partial charge in [0.15, 0.2) is 21.7 Å². The molecule has 0 saturated heterocycles. The van der Waals surface area contributed by atoms with Gasteiger partial charge in [0.1, 0.15) is 0 Å². The lowest BCUT2D eigenvalue weighted by atomic mass is 10.3. The van der Waals surface area contributed by atoms with Crippen molar-refractivity contribution in [3.8, 4) is 0 Å². The summed E-state index contributed by atoms with van der Waals surface area (Å²) in [5.74, 6) is -1.91. The van der Waals surface area contributed by atoms with Crippen LogP contribution in [0.2, 0.25) is 10.3 Å². The number of hydrogen-bond donors (Lipinski definition) is 2. The molecule has 1 heterocycles. The van der Waals surface area contributed by atoms with Gasteiger partial charge in [-0.15, -0.1) is 0 Å². The number of carbonyl (C=O) groups excluding carboxylic acids is 2. The van der Waals surface area contributed by atoms with Gasteiger partial charge in [-0.05, 0) is 0 Å². The van der Waals surface area contributed by atoms with E-state index in [1.54, 1.807) is 0 Å². The highest BCUT2D eigenvalue weighted by atomic mass is 35.5. The van der Waals surface area contributed by atoms with Gasteiger partial charge in [-0.25, -0.2) is 9.97 Å². The van der Waals surface area contributed by atoms with Crippen LogP contribution in [0.5, 0.6) is 0 Å². The molecular formula is C6H4Cl2N4O2. The molecule has 0 unspecified atom stereocenters. The largest absolute Gasteiger partial charge is 0.364 e. The van der Waals surface area contributed by atoms with Crippen LogP contribution >= 0.6 is 23.2 Å². The normalized spacial score (nSPS) is 9.86. The Hall–Kier alpha value is -1.40. The smallest absolute Gasteiger partial charge is 0.269 e. The predicted octanol–water partition coefficient (Wildman–Crippen LogP) is -0.0188. The van der Waals surface area contributed by atoms with Gasteiger partial charge in [0.05, 0.1) is 0 Å². The third kappa shape index (κ3) is 1.91. The summed E-state index contributed by atoms with van der Waals surface area (Å²) in [5.41, 5.74) is 9.05. The van der Waals surface area contributed by atoms with Crippen LogP contribution < -0.4 is 11.5 Å². The summed E-state index contributed by atoms with van der Waals surface area (Å²) in [6.45, 7) is 0. The second kappa shape index (κ2) is 3.77. The van der Waals surface area contributed by atoms with Crippen molar-refractivity contribution in [2.45, 2.75) is 0 Å². The minimum Gasteiger partial charge on any atom is -0.364 e. The maximum absolute atomic E-state index is 10.8. The lowest BCUT2D eigenvalue weighted by molar-refractivity contribution is 0.0959. The predicted molar refractivity (Wildman–Crippen MR) is 49.1 cm³/mol. The highest BCUT2D eigenvalue weighted by Gasteiger charge is 2.19. The number of nitrogens with two attached hydrogens (primary N) is 2. The Balaban J connectivity index is 3.46. The van der Waals surface area contributed by atoms with E-state index in [0.29, 0.717) is 0 Å². The SMILES string of the molecule is NC(=O)c1nc(Cl)c(Cl)nc1C(N)=O. The lowest BCUT2D eigenvalue weighted by Crippen LogP contribution is -2.24. The first-order valence-corrected chi connectivity index (χ1v) is 4.01. The third-order valence-electron chi connectivity index (χ3n) is 1.28. The molecule has 0 aliphatic heterocycles. The molecule has 8 heteroatoms. The molecule has 1 rings (SSSR count). The minimum absolute atomic E-state index is 0.217. The fourth-order valence-corrected chi connectivity index (χ4v) is 0.992. The second-order valence-corrected chi connectivity index (χ2v) is 2.95. The second-order valence-electron chi connectivity index (χ2n) is 2.23. The minimum atomic E-state index is -0.954. The summed E-state index contributed by atoms with van der Waals surface area (Å²) in [5, 5.41) is -0.434. The van der Waals surface area contributed by atoms with Gasteiger partial charge < -0.3 is 11.5 Å². The molecule has 0 radical (unpaired) electrons. The van der Waals surface area contributed by atoms with Crippen LogP contribution in [-0.4, -0.2) is 21.8 Å². The summed E-state index contributed by atoms with van der Waals surface area (Å²) in [6.07, 6.45) is 0. The number of rotatable bonds is 2. The number of nitrogens with zero attached hydrogens (tertiary/aromatic N) is 2. The number of carbonyl (C=O) groups is 2. The molecule has 0 saturated carbocycles. The average molecular weight is 235 g/mol. The van der Waals surface area contributed by atoms with Crippen molar-refractivity contribution < 1.29 is 9.59 Å². The van der Waals surface area contributed by atoms with Gasteiger partial charge in [-0.3, -0.25) is 9.59 Å². The molecule has 1 aromatic rings. The van der Waals surface area contributed by atoms with Crippen molar-refractivity contribution in [1.82, 2.24) is 9.97 Å². The third-order valence-corrected chi connectivity index (χ3v) is 1.91. The summed E-state index contributed by atoms with van der Waals surface area (Å²) >= 11 is 10.9. The molecule has 4 N–H and O–H groups in total.